The first kappa shape index (κ1) is 14.6. The molecule has 1 aromatic carbocycles. The molecule has 0 unspecified atom stereocenters. The van der Waals surface area contributed by atoms with E-state index in [1.54, 1.807) is 0 Å². The maximum absolute atomic E-state index is 12.4. The van der Waals surface area contributed by atoms with Crippen molar-refractivity contribution in [1.29, 1.82) is 0 Å². The molecule has 1 aromatic heterocycles. The Hall–Kier alpha value is -1.77. The first-order valence-corrected chi connectivity index (χ1v) is 7.30. The molecule has 0 aliphatic rings. The van der Waals surface area contributed by atoms with E-state index in [-0.39, 0.29) is 11.6 Å². The molecule has 3 heteroatoms. The summed E-state index contributed by atoms with van der Waals surface area (Å²) in [6, 6.07) is 8.44. The van der Waals surface area contributed by atoms with Crippen molar-refractivity contribution in [3.63, 3.8) is 0 Å². The Morgan fingerprint density at radius 1 is 1.10 bits per heavy atom. The highest BCUT2D eigenvalue weighted by atomic mass is 16.1. The molecule has 1 heterocycles. The number of hydrogen-bond acceptors (Lipinski definition) is 1. The summed E-state index contributed by atoms with van der Waals surface area (Å²) in [5.41, 5.74) is 4.17. The van der Waals surface area contributed by atoms with E-state index in [1.165, 1.54) is 5.56 Å². The first-order chi connectivity index (χ1) is 9.40. The van der Waals surface area contributed by atoms with E-state index in [0.717, 1.165) is 23.2 Å². The summed E-state index contributed by atoms with van der Waals surface area (Å²) in [6.45, 7) is 10.6. The third kappa shape index (κ3) is 2.87. The molecule has 0 saturated carbocycles. The van der Waals surface area contributed by atoms with E-state index in [9.17, 15) is 4.79 Å². The smallest absolute Gasteiger partial charge is 0.272 e. The number of nitrogens with one attached hydrogen (secondary N) is 1. The molecule has 2 rings (SSSR count). The molecule has 2 aromatic rings. The molecule has 3 nitrogen and oxygen atoms in total. The molecule has 0 radical (unpaired) electrons. The lowest BCUT2D eigenvalue weighted by Gasteiger charge is -2.15. The standard InChI is InChI=1S/C17H24N2O/c1-11(2)10-15-16(14-8-6-13(5)7-9-14)17(20)18-19(15)12(3)4/h6-9,11-12H,10H2,1-5H3,(H,18,20). The second-order valence-corrected chi connectivity index (χ2v) is 6.19. The van der Waals surface area contributed by atoms with Crippen molar-refractivity contribution in [3.8, 4) is 11.1 Å². The maximum atomic E-state index is 12.4. The highest BCUT2D eigenvalue weighted by Gasteiger charge is 2.18. The van der Waals surface area contributed by atoms with Gasteiger partial charge in [0.25, 0.3) is 5.56 Å². The Morgan fingerprint density at radius 3 is 2.20 bits per heavy atom. The molecule has 0 atom stereocenters. The minimum absolute atomic E-state index is 0.0122. The summed E-state index contributed by atoms with van der Waals surface area (Å²) in [6.07, 6.45) is 0.903. The summed E-state index contributed by atoms with van der Waals surface area (Å²) in [5.74, 6) is 0.513. The number of hydrogen-bond donors (Lipinski definition) is 1. The minimum atomic E-state index is 0.0122. The summed E-state index contributed by atoms with van der Waals surface area (Å²) < 4.78 is 2.01. The molecule has 20 heavy (non-hydrogen) atoms. The van der Waals surface area contributed by atoms with Gasteiger partial charge in [-0.05, 0) is 38.7 Å². The SMILES string of the molecule is Cc1ccc(-c2c(CC(C)C)n(C(C)C)[nH]c2=O)cc1. The van der Waals surface area contributed by atoms with Gasteiger partial charge in [-0.1, -0.05) is 43.7 Å². The van der Waals surface area contributed by atoms with E-state index >= 15 is 0 Å². The quantitative estimate of drug-likeness (QED) is 0.899. The molecular weight excluding hydrogens is 248 g/mol. The van der Waals surface area contributed by atoms with Gasteiger partial charge < -0.3 is 0 Å². The number of benzene rings is 1. The van der Waals surface area contributed by atoms with Crippen LogP contribution in [-0.2, 0) is 6.42 Å². The third-order valence-corrected chi connectivity index (χ3v) is 3.49. The predicted molar refractivity (Wildman–Crippen MR) is 84.2 cm³/mol. The Kier molecular flexibility index (Phi) is 4.17. The van der Waals surface area contributed by atoms with Crippen LogP contribution in [0.5, 0.6) is 0 Å². The molecule has 1 N–H and O–H groups in total. The third-order valence-electron chi connectivity index (χ3n) is 3.49. The Morgan fingerprint density at radius 2 is 1.70 bits per heavy atom. The molecule has 0 spiro atoms. The number of nitrogens with zero attached hydrogens (tertiary/aromatic N) is 1. The van der Waals surface area contributed by atoms with Gasteiger partial charge in [0.15, 0.2) is 0 Å². The van der Waals surface area contributed by atoms with Crippen molar-refractivity contribution in [3.05, 3.63) is 45.9 Å². The molecule has 0 fully saturated rings. The van der Waals surface area contributed by atoms with Gasteiger partial charge in [-0.2, -0.15) is 0 Å². The fourth-order valence-corrected chi connectivity index (χ4v) is 2.53. The van der Waals surface area contributed by atoms with E-state index in [4.69, 9.17) is 0 Å². The Bertz CT molecular complexity index is 630. The summed E-state index contributed by atoms with van der Waals surface area (Å²) in [5, 5.41) is 2.99. The van der Waals surface area contributed by atoms with Crippen molar-refractivity contribution in [2.24, 2.45) is 5.92 Å². The number of aromatic nitrogens is 2. The van der Waals surface area contributed by atoms with Crippen LogP contribution in [0.1, 0.15) is 45.0 Å². The predicted octanol–water partition coefficient (Wildman–Crippen LogP) is 3.93. The average molecular weight is 272 g/mol. The van der Waals surface area contributed by atoms with Crippen LogP contribution in [0.3, 0.4) is 0 Å². The zero-order valence-electron chi connectivity index (χ0n) is 13.0. The van der Waals surface area contributed by atoms with Gasteiger partial charge in [-0.15, -0.1) is 0 Å². The van der Waals surface area contributed by atoms with Gasteiger partial charge in [-0.25, -0.2) is 0 Å². The van der Waals surface area contributed by atoms with Gasteiger partial charge in [0, 0.05) is 11.7 Å². The van der Waals surface area contributed by atoms with Crippen LogP contribution in [0.15, 0.2) is 29.1 Å². The van der Waals surface area contributed by atoms with E-state index < -0.39 is 0 Å². The lowest BCUT2D eigenvalue weighted by Crippen LogP contribution is -2.11. The Labute approximate surface area is 120 Å². The molecule has 0 aliphatic carbocycles. The van der Waals surface area contributed by atoms with Crippen LogP contribution in [0.2, 0.25) is 0 Å². The second kappa shape index (κ2) is 5.70. The van der Waals surface area contributed by atoms with Crippen LogP contribution in [0.4, 0.5) is 0 Å². The molecule has 0 bridgehead atoms. The normalized spacial score (nSPS) is 11.6. The van der Waals surface area contributed by atoms with E-state index in [2.05, 4.69) is 51.9 Å². The zero-order valence-corrected chi connectivity index (χ0v) is 13.0. The van der Waals surface area contributed by atoms with Crippen molar-refractivity contribution >= 4 is 0 Å². The van der Waals surface area contributed by atoms with Gasteiger partial charge in [0.1, 0.15) is 0 Å². The van der Waals surface area contributed by atoms with Gasteiger partial charge in [-0.3, -0.25) is 14.6 Å². The fraction of sp³-hybridized carbons (Fsp3) is 0.471. The number of aromatic amines is 1. The monoisotopic (exact) mass is 272 g/mol. The first-order valence-electron chi connectivity index (χ1n) is 7.30. The number of rotatable bonds is 4. The van der Waals surface area contributed by atoms with Crippen molar-refractivity contribution in [2.45, 2.75) is 47.1 Å². The van der Waals surface area contributed by atoms with Crippen LogP contribution in [0.25, 0.3) is 11.1 Å². The van der Waals surface area contributed by atoms with Crippen LogP contribution < -0.4 is 5.56 Å². The lowest BCUT2D eigenvalue weighted by molar-refractivity contribution is 0.487. The van der Waals surface area contributed by atoms with Crippen molar-refractivity contribution in [2.75, 3.05) is 0 Å². The average Bonchev–Trinajstić information content (AvgIpc) is 2.67. The summed E-state index contributed by atoms with van der Waals surface area (Å²) >= 11 is 0. The molecular formula is C17H24N2O. The largest absolute Gasteiger partial charge is 0.286 e. The molecule has 0 saturated heterocycles. The zero-order chi connectivity index (χ0) is 14.9. The summed E-state index contributed by atoms with van der Waals surface area (Å²) in [7, 11) is 0. The summed E-state index contributed by atoms with van der Waals surface area (Å²) in [4.78, 5) is 12.4. The van der Waals surface area contributed by atoms with Crippen LogP contribution >= 0.6 is 0 Å². The maximum Gasteiger partial charge on any atom is 0.272 e. The lowest BCUT2D eigenvalue weighted by atomic mass is 9.99. The van der Waals surface area contributed by atoms with Crippen LogP contribution in [0, 0.1) is 12.8 Å². The van der Waals surface area contributed by atoms with Gasteiger partial charge in [0.05, 0.1) is 5.56 Å². The van der Waals surface area contributed by atoms with E-state index in [1.807, 2.05) is 16.8 Å². The number of aryl methyl sites for hydroxylation is 1. The van der Waals surface area contributed by atoms with E-state index in [0.29, 0.717) is 5.92 Å². The van der Waals surface area contributed by atoms with Gasteiger partial charge in [0.2, 0.25) is 0 Å². The Balaban J connectivity index is 2.62. The fourth-order valence-electron chi connectivity index (χ4n) is 2.53. The number of H-pyrrole nitrogens is 1. The molecule has 0 amide bonds. The second-order valence-electron chi connectivity index (χ2n) is 6.19. The van der Waals surface area contributed by atoms with Crippen molar-refractivity contribution in [1.82, 2.24) is 9.78 Å². The van der Waals surface area contributed by atoms with Crippen molar-refractivity contribution < 1.29 is 0 Å². The highest BCUT2D eigenvalue weighted by molar-refractivity contribution is 5.65. The molecule has 0 aliphatic heterocycles. The topological polar surface area (TPSA) is 37.8 Å². The molecule has 108 valence electrons. The minimum Gasteiger partial charge on any atom is -0.286 e. The van der Waals surface area contributed by atoms with Crippen LogP contribution in [-0.4, -0.2) is 9.78 Å². The highest BCUT2D eigenvalue weighted by Crippen LogP contribution is 2.24. The van der Waals surface area contributed by atoms with Gasteiger partial charge >= 0.3 is 0 Å².